The van der Waals surface area contributed by atoms with E-state index in [2.05, 4.69) is 10.4 Å². The summed E-state index contributed by atoms with van der Waals surface area (Å²) in [5, 5.41) is 0. The Kier molecular flexibility index (Phi) is 4.10. The maximum absolute atomic E-state index is 5.79. The molecule has 88 valence electrons. The van der Waals surface area contributed by atoms with E-state index in [1.165, 1.54) is 0 Å². The lowest BCUT2D eigenvalue weighted by molar-refractivity contribution is -0.0390. The standard InChI is InChI=1S/C11H17N3O2/c12-14-11-7-9(1-4-13-11)8-16-10-2-5-15-6-3-10/h1,4,7,10H,2-3,5-6,8,12H2,(H,13,14). The zero-order valence-electron chi connectivity index (χ0n) is 9.19. The third-order valence-corrected chi connectivity index (χ3v) is 2.63. The first-order chi connectivity index (χ1) is 7.88. The highest BCUT2D eigenvalue weighted by Crippen LogP contribution is 2.14. The molecule has 0 amide bonds. The van der Waals surface area contributed by atoms with Gasteiger partial charge in [0.1, 0.15) is 5.82 Å². The van der Waals surface area contributed by atoms with Crippen molar-refractivity contribution in [2.24, 2.45) is 5.84 Å². The van der Waals surface area contributed by atoms with Gasteiger partial charge in [-0.25, -0.2) is 10.8 Å². The number of pyridine rings is 1. The predicted octanol–water partition coefficient (Wildman–Crippen LogP) is 1.06. The van der Waals surface area contributed by atoms with Crippen LogP contribution in [0.2, 0.25) is 0 Å². The fraction of sp³-hybridized carbons (Fsp3) is 0.545. The molecule has 0 saturated carbocycles. The van der Waals surface area contributed by atoms with Crippen LogP contribution in [0.25, 0.3) is 0 Å². The number of nitrogens with zero attached hydrogens (tertiary/aromatic N) is 1. The SMILES string of the molecule is NNc1cc(COC2CCOCC2)ccn1. The highest BCUT2D eigenvalue weighted by Gasteiger charge is 2.13. The molecule has 0 atom stereocenters. The minimum Gasteiger partial charge on any atom is -0.381 e. The molecule has 16 heavy (non-hydrogen) atoms. The summed E-state index contributed by atoms with van der Waals surface area (Å²) in [7, 11) is 0. The summed E-state index contributed by atoms with van der Waals surface area (Å²) in [6.45, 7) is 2.20. The second-order valence-corrected chi connectivity index (χ2v) is 3.82. The molecule has 1 aliphatic heterocycles. The molecule has 0 aliphatic carbocycles. The van der Waals surface area contributed by atoms with E-state index < -0.39 is 0 Å². The van der Waals surface area contributed by atoms with Crippen molar-refractivity contribution in [1.82, 2.24) is 4.98 Å². The average molecular weight is 223 g/mol. The molecule has 5 heteroatoms. The molecule has 0 spiro atoms. The fourth-order valence-corrected chi connectivity index (χ4v) is 1.70. The molecular weight excluding hydrogens is 206 g/mol. The quantitative estimate of drug-likeness (QED) is 0.590. The number of nitrogen functional groups attached to an aromatic ring is 1. The highest BCUT2D eigenvalue weighted by molar-refractivity contribution is 5.35. The summed E-state index contributed by atoms with van der Waals surface area (Å²) in [5.74, 6) is 5.95. The Morgan fingerprint density at radius 2 is 2.31 bits per heavy atom. The van der Waals surface area contributed by atoms with Crippen LogP contribution in [-0.4, -0.2) is 24.3 Å². The average Bonchev–Trinajstić information content (AvgIpc) is 2.38. The Morgan fingerprint density at radius 1 is 1.50 bits per heavy atom. The molecule has 1 aromatic heterocycles. The van der Waals surface area contributed by atoms with Crippen LogP contribution < -0.4 is 11.3 Å². The molecule has 1 aromatic rings. The first-order valence-electron chi connectivity index (χ1n) is 5.49. The van der Waals surface area contributed by atoms with Gasteiger partial charge in [-0.1, -0.05) is 0 Å². The smallest absolute Gasteiger partial charge is 0.140 e. The number of nitrogens with one attached hydrogen (secondary N) is 1. The molecular formula is C11H17N3O2. The van der Waals surface area contributed by atoms with Crippen molar-refractivity contribution in [2.45, 2.75) is 25.6 Å². The Bertz CT molecular complexity index is 327. The number of rotatable bonds is 4. The fourth-order valence-electron chi connectivity index (χ4n) is 1.70. The zero-order chi connectivity index (χ0) is 11.2. The van der Waals surface area contributed by atoms with Crippen LogP contribution >= 0.6 is 0 Å². The minimum atomic E-state index is 0.316. The summed E-state index contributed by atoms with van der Waals surface area (Å²) in [6, 6.07) is 3.82. The van der Waals surface area contributed by atoms with E-state index in [9.17, 15) is 0 Å². The Hall–Kier alpha value is -1.17. The topological polar surface area (TPSA) is 69.4 Å². The summed E-state index contributed by atoms with van der Waals surface area (Å²) >= 11 is 0. The van der Waals surface area contributed by atoms with Crippen molar-refractivity contribution < 1.29 is 9.47 Å². The molecule has 1 aliphatic rings. The number of hydrogen-bond donors (Lipinski definition) is 2. The number of nitrogens with two attached hydrogens (primary N) is 1. The van der Waals surface area contributed by atoms with Crippen LogP contribution in [0.15, 0.2) is 18.3 Å². The van der Waals surface area contributed by atoms with Crippen molar-refractivity contribution in [3.05, 3.63) is 23.9 Å². The molecule has 1 saturated heterocycles. The minimum absolute atomic E-state index is 0.316. The van der Waals surface area contributed by atoms with Gasteiger partial charge in [0.25, 0.3) is 0 Å². The van der Waals surface area contributed by atoms with Gasteiger partial charge in [-0.3, -0.25) is 0 Å². The number of anilines is 1. The lowest BCUT2D eigenvalue weighted by Crippen LogP contribution is -2.23. The maximum atomic E-state index is 5.79. The first kappa shape index (κ1) is 11.3. The molecule has 1 fully saturated rings. The third kappa shape index (κ3) is 3.16. The molecule has 0 radical (unpaired) electrons. The van der Waals surface area contributed by atoms with Crippen LogP contribution in [0.3, 0.4) is 0 Å². The van der Waals surface area contributed by atoms with Crippen LogP contribution in [-0.2, 0) is 16.1 Å². The molecule has 0 bridgehead atoms. The zero-order valence-corrected chi connectivity index (χ0v) is 9.19. The van der Waals surface area contributed by atoms with Crippen molar-refractivity contribution in [3.8, 4) is 0 Å². The number of aromatic nitrogens is 1. The number of ether oxygens (including phenoxy) is 2. The maximum Gasteiger partial charge on any atom is 0.140 e. The highest BCUT2D eigenvalue weighted by atomic mass is 16.5. The summed E-state index contributed by atoms with van der Waals surface area (Å²) in [6.07, 6.45) is 3.99. The van der Waals surface area contributed by atoms with Crippen molar-refractivity contribution >= 4 is 5.82 Å². The molecule has 0 aromatic carbocycles. The van der Waals surface area contributed by atoms with Crippen LogP contribution in [0.4, 0.5) is 5.82 Å². The van der Waals surface area contributed by atoms with E-state index in [4.69, 9.17) is 15.3 Å². The summed E-state index contributed by atoms with van der Waals surface area (Å²) in [4.78, 5) is 4.04. The van der Waals surface area contributed by atoms with E-state index in [0.717, 1.165) is 31.6 Å². The van der Waals surface area contributed by atoms with Gasteiger partial charge in [-0.2, -0.15) is 0 Å². The van der Waals surface area contributed by atoms with Crippen molar-refractivity contribution in [3.63, 3.8) is 0 Å². The molecule has 3 N–H and O–H groups in total. The van der Waals surface area contributed by atoms with Gasteiger partial charge in [-0.05, 0) is 30.5 Å². The molecule has 2 rings (SSSR count). The van der Waals surface area contributed by atoms with Gasteiger partial charge >= 0.3 is 0 Å². The lowest BCUT2D eigenvalue weighted by Gasteiger charge is -2.22. The second-order valence-electron chi connectivity index (χ2n) is 3.82. The third-order valence-electron chi connectivity index (χ3n) is 2.63. The van der Waals surface area contributed by atoms with Gasteiger partial charge in [0.15, 0.2) is 0 Å². The molecule has 5 nitrogen and oxygen atoms in total. The van der Waals surface area contributed by atoms with Gasteiger partial charge in [-0.15, -0.1) is 0 Å². The second kappa shape index (κ2) is 5.79. The van der Waals surface area contributed by atoms with Gasteiger partial charge in [0.05, 0.1) is 12.7 Å². The van der Waals surface area contributed by atoms with E-state index in [-0.39, 0.29) is 0 Å². The first-order valence-corrected chi connectivity index (χ1v) is 5.49. The van der Waals surface area contributed by atoms with Gasteiger partial charge in [0.2, 0.25) is 0 Å². The van der Waals surface area contributed by atoms with Crippen molar-refractivity contribution in [1.29, 1.82) is 0 Å². The van der Waals surface area contributed by atoms with Crippen LogP contribution in [0.5, 0.6) is 0 Å². The molecule has 0 unspecified atom stereocenters. The Morgan fingerprint density at radius 3 is 3.06 bits per heavy atom. The number of hydrazine groups is 1. The Labute approximate surface area is 94.9 Å². The van der Waals surface area contributed by atoms with E-state index >= 15 is 0 Å². The van der Waals surface area contributed by atoms with E-state index in [1.807, 2.05) is 12.1 Å². The monoisotopic (exact) mass is 223 g/mol. The van der Waals surface area contributed by atoms with E-state index in [1.54, 1.807) is 6.20 Å². The normalized spacial score (nSPS) is 17.3. The van der Waals surface area contributed by atoms with Crippen LogP contribution in [0, 0.1) is 0 Å². The largest absolute Gasteiger partial charge is 0.381 e. The molecule has 2 heterocycles. The Balaban J connectivity index is 1.83. The number of hydrogen-bond acceptors (Lipinski definition) is 5. The van der Waals surface area contributed by atoms with Crippen molar-refractivity contribution in [2.75, 3.05) is 18.6 Å². The summed E-state index contributed by atoms with van der Waals surface area (Å²) in [5.41, 5.74) is 3.60. The van der Waals surface area contributed by atoms with Gasteiger partial charge in [0, 0.05) is 19.4 Å². The van der Waals surface area contributed by atoms with Gasteiger partial charge < -0.3 is 14.9 Å². The lowest BCUT2D eigenvalue weighted by atomic mass is 10.1. The predicted molar refractivity (Wildman–Crippen MR) is 60.7 cm³/mol. The van der Waals surface area contributed by atoms with E-state index in [0.29, 0.717) is 18.5 Å². The summed E-state index contributed by atoms with van der Waals surface area (Å²) < 4.78 is 11.1. The van der Waals surface area contributed by atoms with Crippen LogP contribution in [0.1, 0.15) is 18.4 Å².